The van der Waals surface area contributed by atoms with E-state index in [1.165, 1.54) is 6.08 Å². The van der Waals surface area contributed by atoms with Gasteiger partial charge in [0.1, 0.15) is 6.29 Å². The van der Waals surface area contributed by atoms with Crippen LogP contribution in [-0.2, 0) is 9.59 Å². The Morgan fingerprint density at radius 1 is 1.36 bits per heavy atom. The van der Waals surface area contributed by atoms with Gasteiger partial charge in [-0.25, -0.2) is 0 Å². The van der Waals surface area contributed by atoms with Crippen molar-refractivity contribution in [2.24, 2.45) is 0 Å². The Hall–Kier alpha value is -1.18. The average molecular weight is 150 g/mol. The van der Waals surface area contributed by atoms with Gasteiger partial charge in [0.25, 0.3) is 0 Å². The highest BCUT2D eigenvalue weighted by Crippen LogP contribution is 2.22. The molecule has 0 saturated heterocycles. The minimum absolute atomic E-state index is 0.204. The standard InChI is InChI=1S/C9H10O2/c1-7-8(3-2-6-10)4-5-9(7)11/h2-3,6H,4-5H2,1H3/b3-2+. The minimum Gasteiger partial charge on any atom is -0.299 e. The number of aldehydes is 1. The summed E-state index contributed by atoms with van der Waals surface area (Å²) in [5.74, 6) is 0.204. The Balaban J connectivity index is 2.79. The number of Topliss-reactive ketones (excluding diaryl/α,β-unsaturated/α-hetero) is 1. The molecule has 1 aliphatic carbocycles. The summed E-state index contributed by atoms with van der Waals surface area (Å²) in [6.07, 6.45) is 5.26. The van der Waals surface area contributed by atoms with Crippen LogP contribution in [0.4, 0.5) is 0 Å². The lowest BCUT2D eigenvalue weighted by Crippen LogP contribution is -1.89. The van der Waals surface area contributed by atoms with Crippen LogP contribution in [0.2, 0.25) is 0 Å². The van der Waals surface area contributed by atoms with Crippen molar-refractivity contribution in [3.8, 4) is 0 Å². The lowest BCUT2D eigenvalue weighted by Gasteiger charge is -1.90. The van der Waals surface area contributed by atoms with E-state index >= 15 is 0 Å². The molecule has 0 aromatic carbocycles. The number of rotatable bonds is 2. The fraction of sp³-hybridized carbons (Fsp3) is 0.333. The number of ketones is 1. The van der Waals surface area contributed by atoms with Crippen LogP contribution in [0.25, 0.3) is 0 Å². The van der Waals surface area contributed by atoms with Crippen LogP contribution in [0.15, 0.2) is 23.3 Å². The minimum atomic E-state index is 0.204. The zero-order valence-corrected chi connectivity index (χ0v) is 6.46. The van der Waals surface area contributed by atoms with Gasteiger partial charge in [0, 0.05) is 6.42 Å². The topological polar surface area (TPSA) is 34.1 Å². The summed E-state index contributed by atoms with van der Waals surface area (Å²) >= 11 is 0. The van der Waals surface area contributed by atoms with Crippen LogP contribution >= 0.6 is 0 Å². The quantitative estimate of drug-likeness (QED) is 0.440. The van der Waals surface area contributed by atoms with E-state index in [0.717, 1.165) is 23.9 Å². The molecule has 2 nitrogen and oxygen atoms in total. The number of carbonyl (C=O) groups excluding carboxylic acids is 2. The lowest BCUT2D eigenvalue weighted by atomic mass is 10.1. The molecule has 0 unspecified atom stereocenters. The number of hydrogen-bond acceptors (Lipinski definition) is 2. The van der Waals surface area contributed by atoms with E-state index in [-0.39, 0.29) is 5.78 Å². The molecule has 0 N–H and O–H groups in total. The number of carbonyl (C=O) groups is 2. The normalized spacial score (nSPS) is 18.5. The van der Waals surface area contributed by atoms with E-state index in [1.807, 2.05) is 0 Å². The van der Waals surface area contributed by atoms with Crippen molar-refractivity contribution in [1.29, 1.82) is 0 Å². The van der Waals surface area contributed by atoms with E-state index in [0.29, 0.717) is 6.42 Å². The third-order valence-electron chi connectivity index (χ3n) is 1.90. The molecule has 1 aliphatic rings. The van der Waals surface area contributed by atoms with E-state index in [1.54, 1.807) is 13.0 Å². The molecule has 1 rings (SSSR count). The summed E-state index contributed by atoms with van der Waals surface area (Å²) in [4.78, 5) is 20.9. The fourth-order valence-corrected chi connectivity index (χ4v) is 1.17. The zero-order valence-electron chi connectivity index (χ0n) is 6.46. The molecule has 2 heteroatoms. The first-order chi connectivity index (χ1) is 5.25. The smallest absolute Gasteiger partial charge is 0.159 e. The molecule has 0 atom stereocenters. The first-order valence-corrected chi connectivity index (χ1v) is 3.60. The van der Waals surface area contributed by atoms with E-state index in [9.17, 15) is 9.59 Å². The molecule has 0 bridgehead atoms. The van der Waals surface area contributed by atoms with Crippen LogP contribution in [0.3, 0.4) is 0 Å². The highest BCUT2D eigenvalue weighted by atomic mass is 16.1. The first-order valence-electron chi connectivity index (χ1n) is 3.60. The predicted octanol–water partition coefficient (Wildman–Crippen LogP) is 1.42. The maximum Gasteiger partial charge on any atom is 0.159 e. The number of allylic oxidation sites excluding steroid dienone is 4. The van der Waals surface area contributed by atoms with Gasteiger partial charge in [-0.05, 0) is 30.6 Å². The highest BCUT2D eigenvalue weighted by molar-refractivity contribution is 5.98. The van der Waals surface area contributed by atoms with Gasteiger partial charge in [-0.1, -0.05) is 6.08 Å². The van der Waals surface area contributed by atoms with Gasteiger partial charge in [0.2, 0.25) is 0 Å². The molecule has 0 fully saturated rings. The molecule has 0 aliphatic heterocycles. The van der Waals surface area contributed by atoms with Crippen LogP contribution < -0.4 is 0 Å². The Kier molecular flexibility index (Phi) is 2.36. The Bertz CT molecular complexity index is 246. The second-order valence-corrected chi connectivity index (χ2v) is 2.57. The highest BCUT2D eigenvalue weighted by Gasteiger charge is 2.16. The van der Waals surface area contributed by atoms with Gasteiger partial charge < -0.3 is 0 Å². The lowest BCUT2D eigenvalue weighted by molar-refractivity contribution is -0.114. The van der Waals surface area contributed by atoms with Crippen molar-refractivity contribution in [2.75, 3.05) is 0 Å². The Morgan fingerprint density at radius 2 is 2.09 bits per heavy atom. The summed E-state index contributed by atoms with van der Waals surface area (Å²) < 4.78 is 0. The van der Waals surface area contributed by atoms with Gasteiger partial charge in [-0.15, -0.1) is 0 Å². The van der Waals surface area contributed by atoms with Gasteiger partial charge in [-0.2, -0.15) is 0 Å². The van der Waals surface area contributed by atoms with E-state index < -0.39 is 0 Å². The molecule has 58 valence electrons. The number of hydrogen-bond donors (Lipinski definition) is 0. The molecule has 0 aromatic rings. The third-order valence-corrected chi connectivity index (χ3v) is 1.90. The molecular formula is C9H10O2. The maximum absolute atomic E-state index is 11.0. The molecule has 0 aromatic heterocycles. The van der Waals surface area contributed by atoms with Crippen molar-refractivity contribution < 1.29 is 9.59 Å². The van der Waals surface area contributed by atoms with Crippen LogP contribution in [0, 0.1) is 0 Å². The largest absolute Gasteiger partial charge is 0.299 e. The summed E-state index contributed by atoms with van der Waals surface area (Å²) in [6, 6.07) is 0. The van der Waals surface area contributed by atoms with Gasteiger partial charge >= 0.3 is 0 Å². The van der Waals surface area contributed by atoms with E-state index in [4.69, 9.17) is 0 Å². The van der Waals surface area contributed by atoms with Crippen LogP contribution in [0.1, 0.15) is 19.8 Å². The Morgan fingerprint density at radius 3 is 2.55 bits per heavy atom. The van der Waals surface area contributed by atoms with Gasteiger partial charge in [0.15, 0.2) is 5.78 Å². The predicted molar refractivity (Wildman–Crippen MR) is 42.1 cm³/mol. The molecule has 11 heavy (non-hydrogen) atoms. The summed E-state index contributed by atoms with van der Waals surface area (Å²) in [5.41, 5.74) is 1.81. The van der Waals surface area contributed by atoms with Crippen molar-refractivity contribution in [2.45, 2.75) is 19.8 Å². The molecule has 0 heterocycles. The van der Waals surface area contributed by atoms with Gasteiger partial charge in [-0.3, -0.25) is 9.59 Å². The summed E-state index contributed by atoms with van der Waals surface area (Å²) in [7, 11) is 0. The van der Waals surface area contributed by atoms with Crippen molar-refractivity contribution in [3.05, 3.63) is 23.3 Å². The monoisotopic (exact) mass is 150 g/mol. The Labute approximate surface area is 65.6 Å². The van der Waals surface area contributed by atoms with Gasteiger partial charge in [0.05, 0.1) is 0 Å². The van der Waals surface area contributed by atoms with E-state index in [2.05, 4.69) is 0 Å². The van der Waals surface area contributed by atoms with Crippen LogP contribution in [0.5, 0.6) is 0 Å². The SMILES string of the molecule is CC1=C(/C=C/C=O)CCC1=O. The molecule has 0 amide bonds. The molecule has 0 radical (unpaired) electrons. The maximum atomic E-state index is 11.0. The molecule has 0 saturated carbocycles. The second-order valence-electron chi connectivity index (χ2n) is 2.57. The summed E-state index contributed by atoms with van der Waals surface area (Å²) in [5, 5.41) is 0. The third kappa shape index (κ3) is 1.64. The van der Waals surface area contributed by atoms with Crippen molar-refractivity contribution >= 4 is 12.1 Å². The van der Waals surface area contributed by atoms with Crippen molar-refractivity contribution in [3.63, 3.8) is 0 Å². The first kappa shape index (κ1) is 7.92. The average Bonchev–Trinajstić information content (AvgIpc) is 2.31. The second kappa shape index (κ2) is 3.28. The zero-order chi connectivity index (χ0) is 8.27. The molecular weight excluding hydrogens is 140 g/mol. The summed E-state index contributed by atoms with van der Waals surface area (Å²) in [6.45, 7) is 1.81. The fourth-order valence-electron chi connectivity index (χ4n) is 1.17. The molecule has 0 spiro atoms. The van der Waals surface area contributed by atoms with Crippen molar-refractivity contribution in [1.82, 2.24) is 0 Å². The van der Waals surface area contributed by atoms with Crippen LogP contribution in [-0.4, -0.2) is 12.1 Å².